The monoisotopic (exact) mass is 1050 g/mol. The van der Waals surface area contributed by atoms with Crippen LogP contribution in [0.15, 0.2) is 97.1 Å². The number of aromatic nitrogens is 4. The number of rotatable bonds is 2. The Hall–Kier alpha value is -8.26. The number of carboxylic acid groups (broad SMARTS) is 1. The molecule has 4 amide bonds. The van der Waals surface area contributed by atoms with Gasteiger partial charge >= 0.3 is 0 Å². The first kappa shape index (κ1) is 85.1. The smallest absolute Gasteiger partial charge is 0.300 e. The minimum atomic E-state index is -0.833. The number of hydrogen-bond donors (Lipinski definition) is 11. The molecule has 0 aliphatic heterocycles. The molecule has 0 radical (unpaired) electrons. The summed E-state index contributed by atoms with van der Waals surface area (Å²) in [4.78, 5) is 74.1. The molecule has 0 saturated carbocycles. The Balaban J connectivity index is -0.0000000738. The number of nitriles is 1. The average Bonchev–Trinajstić information content (AvgIpc) is 3.82. The van der Waals surface area contributed by atoms with Crippen molar-refractivity contribution in [1.82, 2.24) is 35.9 Å². The largest absolute Gasteiger partial charge is 0.481 e. The molecule has 70 heavy (non-hydrogen) atoms. The number of carbonyl (C=O) groups excluding carboxylic acids is 4. The van der Waals surface area contributed by atoms with Crippen molar-refractivity contribution in [2.24, 2.45) is 0 Å². The molecule has 0 bridgehead atoms. The number of nitrogens with one attached hydrogen (secondary N) is 6. The molecule has 22 nitrogen and oxygen atoms in total. The van der Waals surface area contributed by atoms with Crippen molar-refractivity contribution in [3.63, 3.8) is 0 Å². The maximum absolute atomic E-state index is 10.7. The molecule has 15 N–H and O–H groups in total. The van der Waals surface area contributed by atoms with Gasteiger partial charge in [-0.05, 0) is 42.5 Å². The van der Waals surface area contributed by atoms with E-state index >= 15 is 0 Å². The maximum atomic E-state index is 10.7. The number of aliphatic carboxylic acids is 1. The standard InChI is InChI=1S/C9H9N3O.C7H7N3.C6H6N2O2.C6H8N2.3C3H7NO.C2H4O2.CBrN.7CH4/c1-6(13)10-9-11-7-4-2-3-5-8(7)12-9;8-7-9-5-3-1-2-4-6(5)10-7;7-5-3-1-2-4-6(5)8(9)10;7-5-3-1-2-4-6(5)8;3*1-3(5)4-2;1-2(3)4;2-1-3;;;;;;;/h2-5H,1H3,(H2,10,11,12,13);1-4H,(H3,8,9,10);1-4H,7H2;1-4H,7-8H2;3*1-2H3,(H,4,5);1H3,(H,3,4);;7*1H4. The Bertz CT molecular complexity index is 2210. The van der Waals surface area contributed by atoms with Crippen molar-refractivity contribution in [3.8, 4) is 4.98 Å². The van der Waals surface area contributed by atoms with Gasteiger partial charge in [0.1, 0.15) is 10.7 Å². The van der Waals surface area contributed by atoms with E-state index in [0.717, 1.165) is 29.0 Å². The minimum Gasteiger partial charge on any atom is -0.481 e. The van der Waals surface area contributed by atoms with Gasteiger partial charge in [0.05, 0.1) is 38.4 Å². The first-order chi connectivity index (χ1) is 29.6. The van der Waals surface area contributed by atoms with Gasteiger partial charge in [-0.2, -0.15) is 5.26 Å². The first-order valence-electron chi connectivity index (χ1n) is 17.9. The number of nitrogens with zero attached hydrogens (tertiary/aromatic N) is 4. The third-order valence-electron chi connectivity index (χ3n) is 6.28. The lowest BCUT2D eigenvalue weighted by molar-refractivity contribution is -0.383. The van der Waals surface area contributed by atoms with Crippen LogP contribution in [0.3, 0.4) is 0 Å². The zero-order valence-corrected chi connectivity index (χ0v) is 37.6. The van der Waals surface area contributed by atoms with Crippen molar-refractivity contribution in [2.45, 2.75) is 86.6 Å². The number of benzene rings is 4. The second-order valence-electron chi connectivity index (χ2n) is 11.4. The van der Waals surface area contributed by atoms with Gasteiger partial charge in [0.25, 0.3) is 11.7 Å². The molecule has 0 fully saturated rings. The number of fused-ring (bicyclic) bond motifs is 2. The number of nitro benzene ring substituents is 1. The zero-order chi connectivity index (χ0) is 48.9. The minimum absolute atomic E-state index is 0. The van der Waals surface area contributed by atoms with E-state index in [0.29, 0.717) is 23.3 Å². The lowest BCUT2D eigenvalue weighted by Gasteiger charge is -1.94. The maximum Gasteiger partial charge on any atom is 0.300 e. The molecule has 0 atom stereocenters. The van der Waals surface area contributed by atoms with Crippen LogP contribution in [0.5, 0.6) is 0 Å². The zero-order valence-electron chi connectivity index (χ0n) is 36.0. The Morgan fingerprint density at radius 1 is 0.586 bits per heavy atom. The molecule has 0 aliphatic carbocycles. The van der Waals surface area contributed by atoms with Crippen LogP contribution in [-0.2, 0) is 24.0 Å². The number of nitrogens with two attached hydrogens (primary N) is 4. The molecule has 0 spiro atoms. The number of carboxylic acids is 1. The number of hydrogen-bond acceptors (Lipinski definition) is 14. The van der Waals surface area contributed by atoms with E-state index in [1.807, 2.05) is 60.7 Å². The number of nitrogen functional groups attached to an aromatic ring is 4. The summed E-state index contributed by atoms with van der Waals surface area (Å²) in [5.74, 6) is 0.0222. The van der Waals surface area contributed by atoms with Crippen LogP contribution in [0.2, 0.25) is 0 Å². The van der Waals surface area contributed by atoms with Gasteiger partial charge in [0.2, 0.25) is 29.6 Å². The number of anilines is 5. The second kappa shape index (κ2) is 51.7. The molecular formula is C47H83BrN14O8. The number of H-pyrrole nitrogens is 2. The van der Waals surface area contributed by atoms with Crippen molar-refractivity contribution >= 4 is 102 Å². The van der Waals surface area contributed by atoms with E-state index in [1.54, 1.807) is 50.4 Å². The van der Waals surface area contributed by atoms with Crippen LogP contribution < -0.4 is 44.2 Å². The van der Waals surface area contributed by atoms with Crippen LogP contribution in [0.1, 0.15) is 86.6 Å². The molecule has 0 unspecified atom stereocenters. The van der Waals surface area contributed by atoms with Gasteiger partial charge in [0, 0.05) is 77.8 Å². The Morgan fingerprint density at radius 3 is 1.13 bits per heavy atom. The van der Waals surface area contributed by atoms with Crippen molar-refractivity contribution < 1.29 is 34.0 Å². The molecule has 0 aliphatic rings. The highest BCUT2D eigenvalue weighted by atomic mass is 79.9. The van der Waals surface area contributed by atoms with E-state index in [1.165, 1.54) is 39.8 Å². The van der Waals surface area contributed by atoms with Gasteiger partial charge in [-0.25, -0.2) is 9.97 Å². The molecule has 2 aromatic heterocycles. The number of aromatic amines is 2. The molecule has 23 heteroatoms. The van der Waals surface area contributed by atoms with Gasteiger partial charge in [0.15, 0.2) is 5.95 Å². The van der Waals surface area contributed by atoms with Crippen LogP contribution in [0.25, 0.3) is 22.1 Å². The molecular weight excluding hydrogens is 969 g/mol. The fourth-order valence-electron chi connectivity index (χ4n) is 3.32. The molecule has 4 aromatic carbocycles. The summed E-state index contributed by atoms with van der Waals surface area (Å²) in [7, 11) is 4.80. The van der Waals surface area contributed by atoms with E-state index in [-0.39, 0.29) is 87.0 Å². The predicted molar refractivity (Wildman–Crippen MR) is 298 cm³/mol. The number of halogens is 1. The fourth-order valence-corrected chi connectivity index (χ4v) is 3.32. The van der Waals surface area contributed by atoms with E-state index in [9.17, 15) is 29.3 Å². The highest BCUT2D eigenvalue weighted by Crippen LogP contribution is 2.18. The Labute approximate surface area is 424 Å². The molecule has 6 aromatic rings. The fraction of sp³-hybridized carbons (Fsp3) is 0.319. The number of carbonyl (C=O) groups is 5. The summed E-state index contributed by atoms with van der Waals surface area (Å²) in [5.41, 5.74) is 26.6. The van der Waals surface area contributed by atoms with E-state index in [2.05, 4.69) is 57.1 Å². The topological polar surface area (TPSA) is 382 Å². The van der Waals surface area contributed by atoms with Gasteiger partial charge in [-0.1, -0.05) is 101 Å². The second-order valence-corrected chi connectivity index (χ2v) is 11.7. The van der Waals surface area contributed by atoms with Crippen LogP contribution >= 0.6 is 15.9 Å². The Kier molecular flexibility index (Phi) is 62.9. The summed E-state index contributed by atoms with van der Waals surface area (Å²) < 4.78 is 0. The van der Waals surface area contributed by atoms with Gasteiger partial charge in [-0.15, -0.1) is 0 Å². The summed E-state index contributed by atoms with van der Waals surface area (Å²) >= 11 is 2.45. The van der Waals surface area contributed by atoms with E-state index in [4.69, 9.17) is 38.1 Å². The van der Waals surface area contributed by atoms with E-state index < -0.39 is 10.9 Å². The summed E-state index contributed by atoms with van der Waals surface area (Å²) in [6.45, 7) is 6.95. The lowest BCUT2D eigenvalue weighted by atomic mass is 10.3. The summed E-state index contributed by atoms with van der Waals surface area (Å²) in [5, 5.41) is 34.6. The molecule has 0 saturated heterocycles. The van der Waals surface area contributed by atoms with Crippen molar-refractivity contribution in [1.29, 1.82) is 5.26 Å². The van der Waals surface area contributed by atoms with Crippen LogP contribution in [-0.4, -0.2) is 80.7 Å². The summed E-state index contributed by atoms with van der Waals surface area (Å²) in [6.07, 6.45) is 0. The first-order valence-corrected chi connectivity index (χ1v) is 18.6. The average molecular weight is 1050 g/mol. The van der Waals surface area contributed by atoms with Gasteiger partial charge < -0.3 is 54.0 Å². The summed E-state index contributed by atoms with van der Waals surface area (Å²) in [6, 6.07) is 28.7. The molecule has 396 valence electrons. The van der Waals surface area contributed by atoms with Crippen molar-refractivity contribution in [2.75, 3.05) is 49.4 Å². The predicted octanol–water partition coefficient (Wildman–Crippen LogP) is 9.36. The number of nitro groups is 1. The number of imidazole rings is 2. The number of amides is 4. The molecule has 6 rings (SSSR count). The highest BCUT2D eigenvalue weighted by molar-refractivity contribution is 9.12. The Morgan fingerprint density at radius 2 is 0.871 bits per heavy atom. The van der Waals surface area contributed by atoms with Crippen molar-refractivity contribution in [3.05, 3.63) is 107 Å². The molecule has 2 heterocycles. The van der Waals surface area contributed by atoms with Gasteiger partial charge in [-0.3, -0.25) is 39.4 Å². The number of para-hydroxylation sites is 8. The third-order valence-corrected chi connectivity index (χ3v) is 6.28. The van der Waals surface area contributed by atoms with Crippen LogP contribution in [0.4, 0.5) is 34.6 Å². The third kappa shape index (κ3) is 47.7. The normalized spacial score (nSPS) is 7.66. The highest BCUT2D eigenvalue weighted by Gasteiger charge is 2.07. The quantitative estimate of drug-likeness (QED) is 0.0437. The lowest BCUT2D eigenvalue weighted by Crippen LogP contribution is -2.11. The SMILES string of the molecule is C.C.C.C.C.C.C.CC(=O)Nc1nc2ccccc2[nH]1.CC(=O)O.CNC(C)=O.CNC(C)=O.CNC(C)=O.N#CBr.Nc1ccccc1N.Nc1ccccc1[N+](=O)[O-].Nc1nc2ccccc2[nH]1. The van der Waals surface area contributed by atoms with Crippen LogP contribution in [0, 0.1) is 20.4 Å².